The Morgan fingerprint density at radius 1 is 1.20 bits per heavy atom. The largest absolute Gasteiger partial charge is 0.493 e. The molecule has 1 heterocycles. The molecular weight excluding hydrogens is 520 g/mol. The number of nitrogens with one attached hydrogen (secondary N) is 1. The minimum Gasteiger partial charge on any atom is -0.493 e. The number of pyridine rings is 1. The molecule has 0 unspecified atom stereocenters. The van der Waals surface area contributed by atoms with E-state index in [1.54, 1.807) is 19.2 Å². The molecule has 0 amide bonds. The number of hydrogen-bond acceptors (Lipinski definition) is 7. The van der Waals surface area contributed by atoms with Gasteiger partial charge in [-0.1, -0.05) is 28.1 Å². The van der Waals surface area contributed by atoms with Crippen LogP contribution in [0.15, 0.2) is 68.8 Å². The minimum absolute atomic E-state index is 0.0521. The van der Waals surface area contributed by atoms with Gasteiger partial charge in [0.1, 0.15) is 6.61 Å². The van der Waals surface area contributed by atoms with Crippen molar-refractivity contribution in [2.24, 2.45) is 5.10 Å². The zero-order valence-electron chi connectivity index (χ0n) is 15.7. The molecule has 0 saturated heterocycles. The maximum Gasteiger partial charge on any atom is 0.313 e. The average Bonchev–Trinajstić information content (AvgIpc) is 2.74. The fraction of sp³-hybridized carbons (Fsp3) is 0.100. The lowest BCUT2D eigenvalue weighted by Gasteiger charge is -2.13. The zero-order valence-corrected chi connectivity index (χ0v) is 18.9. The van der Waals surface area contributed by atoms with Gasteiger partial charge in [-0.15, -0.1) is 0 Å². The first kappa shape index (κ1) is 21.7. The van der Waals surface area contributed by atoms with Gasteiger partial charge in [0.2, 0.25) is 5.82 Å². The number of anilines is 1. The molecule has 0 fully saturated rings. The van der Waals surface area contributed by atoms with Gasteiger partial charge in [-0.05, 0) is 51.8 Å². The molecule has 3 aromatic rings. The fourth-order valence-electron chi connectivity index (χ4n) is 2.46. The number of nitrogens with zero attached hydrogens (tertiary/aromatic N) is 3. The first-order valence-electron chi connectivity index (χ1n) is 8.61. The maximum absolute atomic E-state index is 11.0. The second-order valence-corrected chi connectivity index (χ2v) is 7.71. The monoisotopic (exact) mass is 534 g/mol. The summed E-state index contributed by atoms with van der Waals surface area (Å²) in [6.07, 6.45) is 2.95. The van der Waals surface area contributed by atoms with Crippen LogP contribution in [0.2, 0.25) is 0 Å². The summed E-state index contributed by atoms with van der Waals surface area (Å²) in [5.41, 5.74) is 4.14. The molecule has 0 aliphatic heterocycles. The lowest BCUT2D eigenvalue weighted by molar-refractivity contribution is -0.384. The first-order chi connectivity index (χ1) is 14.5. The van der Waals surface area contributed by atoms with Crippen molar-refractivity contribution in [1.29, 1.82) is 0 Å². The summed E-state index contributed by atoms with van der Waals surface area (Å²) in [6.45, 7) is 0.383. The molecule has 10 heteroatoms. The molecule has 1 N–H and O–H groups in total. The molecular formula is C20H16Br2N4O4. The molecule has 2 aromatic carbocycles. The molecule has 8 nitrogen and oxygen atoms in total. The van der Waals surface area contributed by atoms with Crippen LogP contribution in [-0.2, 0) is 6.61 Å². The van der Waals surface area contributed by atoms with Gasteiger partial charge in [-0.2, -0.15) is 5.10 Å². The van der Waals surface area contributed by atoms with Gasteiger partial charge < -0.3 is 9.47 Å². The predicted octanol–water partition coefficient (Wildman–Crippen LogP) is 5.55. The molecule has 3 rings (SSSR count). The summed E-state index contributed by atoms with van der Waals surface area (Å²) in [4.78, 5) is 14.5. The van der Waals surface area contributed by atoms with Gasteiger partial charge in [0.15, 0.2) is 11.5 Å². The van der Waals surface area contributed by atoms with Crippen molar-refractivity contribution in [1.82, 2.24) is 4.98 Å². The lowest BCUT2D eigenvalue weighted by atomic mass is 10.2. The topological polar surface area (TPSA) is 98.9 Å². The number of aromatic nitrogens is 1. The van der Waals surface area contributed by atoms with E-state index in [9.17, 15) is 10.1 Å². The minimum atomic E-state index is -0.526. The highest BCUT2D eigenvalue weighted by Crippen LogP contribution is 2.33. The Hall–Kier alpha value is -2.98. The van der Waals surface area contributed by atoms with Crippen LogP contribution in [0.25, 0.3) is 0 Å². The van der Waals surface area contributed by atoms with Crippen molar-refractivity contribution >= 4 is 49.6 Å². The number of ether oxygens (including phenoxy) is 2. The van der Waals surface area contributed by atoms with Crippen LogP contribution in [0.5, 0.6) is 11.5 Å². The SMILES string of the molecule is COc1cc(/C=N\Nc2ncccc2[N+](=O)[O-])c(Br)cc1OCc1ccc(Br)cc1. The van der Waals surface area contributed by atoms with E-state index in [-0.39, 0.29) is 11.5 Å². The molecule has 0 bridgehead atoms. The number of rotatable bonds is 8. The molecule has 0 radical (unpaired) electrons. The van der Waals surface area contributed by atoms with Crippen LogP contribution in [0.1, 0.15) is 11.1 Å². The Morgan fingerprint density at radius 3 is 2.67 bits per heavy atom. The van der Waals surface area contributed by atoms with Gasteiger partial charge in [-0.25, -0.2) is 4.98 Å². The smallest absolute Gasteiger partial charge is 0.313 e. The maximum atomic E-state index is 11.0. The van der Waals surface area contributed by atoms with Crippen LogP contribution >= 0.6 is 31.9 Å². The summed E-state index contributed by atoms with van der Waals surface area (Å²) in [6, 6.07) is 14.2. The third-order valence-electron chi connectivity index (χ3n) is 3.95. The summed E-state index contributed by atoms with van der Waals surface area (Å²) >= 11 is 6.89. The quantitative estimate of drug-likeness (QED) is 0.231. The Bertz CT molecular complexity index is 1070. The van der Waals surface area contributed by atoms with Crippen molar-refractivity contribution in [2.45, 2.75) is 6.61 Å². The third-order valence-corrected chi connectivity index (χ3v) is 5.16. The summed E-state index contributed by atoms with van der Waals surface area (Å²) in [5.74, 6) is 1.15. The summed E-state index contributed by atoms with van der Waals surface area (Å²) < 4.78 is 13.0. The molecule has 0 spiro atoms. The van der Waals surface area contributed by atoms with Crippen molar-refractivity contribution in [3.8, 4) is 11.5 Å². The standard InChI is InChI=1S/C20H16Br2N4O4/c1-29-18-9-14(11-24-25-20-17(26(27)28)3-2-8-23-20)16(22)10-19(18)30-12-13-4-6-15(21)7-5-13/h2-11H,12H2,1H3,(H,23,25)/b24-11-. The third kappa shape index (κ3) is 5.55. The van der Waals surface area contributed by atoms with Crippen molar-refractivity contribution < 1.29 is 14.4 Å². The van der Waals surface area contributed by atoms with Crippen LogP contribution in [0.4, 0.5) is 11.5 Å². The Labute approximate surface area is 189 Å². The van der Waals surface area contributed by atoms with Gasteiger partial charge >= 0.3 is 5.69 Å². The van der Waals surface area contributed by atoms with E-state index in [1.165, 1.54) is 24.5 Å². The Balaban J connectivity index is 1.74. The van der Waals surface area contributed by atoms with E-state index in [0.29, 0.717) is 23.7 Å². The second-order valence-electron chi connectivity index (χ2n) is 5.94. The number of hydrogen-bond donors (Lipinski definition) is 1. The highest BCUT2D eigenvalue weighted by atomic mass is 79.9. The van der Waals surface area contributed by atoms with E-state index in [4.69, 9.17) is 9.47 Å². The van der Waals surface area contributed by atoms with Crippen LogP contribution in [0, 0.1) is 10.1 Å². The zero-order chi connectivity index (χ0) is 21.5. The highest BCUT2D eigenvalue weighted by Gasteiger charge is 2.13. The van der Waals surface area contributed by atoms with Crippen LogP contribution in [-0.4, -0.2) is 23.2 Å². The molecule has 30 heavy (non-hydrogen) atoms. The molecule has 0 atom stereocenters. The molecule has 1 aromatic heterocycles. The normalized spacial score (nSPS) is 10.8. The van der Waals surface area contributed by atoms with E-state index >= 15 is 0 Å². The van der Waals surface area contributed by atoms with Crippen molar-refractivity contribution in [3.05, 3.63) is 84.9 Å². The summed E-state index contributed by atoms with van der Waals surface area (Å²) in [7, 11) is 1.55. The number of benzene rings is 2. The van der Waals surface area contributed by atoms with Crippen LogP contribution in [0.3, 0.4) is 0 Å². The highest BCUT2D eigenvalue weighted by molar-refractivity contribution is 9.10. The number of methoxy groups -OCH3 is 1. The van der Waals surface area contributed by atoms with E-state index in [1.807, 2.05) is 24.3 Å². The lowest BCUT2D eigenvalue weighted by Crippen LogP contribution is -2.00. The van der Waals surface area contributed by atoms with Crippen molar-refractivity contribution in [2.75, 3.05) is 12.5 Å². The first-order valence-corrected chi connectivity index (χ1v) is 10.2. The van der Waals surface area contributed by atoms with E-state index in [2.05, 4.69) is 47.4 Å². The summed E-state index contributed by atoms with van der Waals surface area (Å²) in [5, 5.41) is 15.1. The van der Waals surface area contributed by atoms with Gasteiger partial charge in [0.25, 0.3) is 0 Å². The van der Waals surface area contributed by atoms with Gasteiger partial charge in [-0.3, -0.25) is 15.5 Å². The van der Waals surface area contributed by atoms with E-state index < -0.39 is 4.92 Å². The molecule has 154 valence electrons. The number of halogens is 2. The molecule has 0 saturated carbocycles. The Morgan fingerprint density at radius 2 is 1.97 bits per heavy atom. The van der Waals surface area contributed by atoms with Gasteiger partial charge in [0, 0.05) is 26.8 Å². The number of nitro groups is 1. The predicted molar refractivity (Wildman–Crippen MR) is 121 cm³/mol. The van der Waals surface area contributed by atoms with Crippen molar-refractivity contribution in [3.63, 3.8) is 0 Å². The second kappa shape index (κ2) is 10.2. The number of hydrazone groups is 1. The van der Waals surface area contributed by atoms with E-state index in [0.717, 1.165) is 14.5 Å². The average molecular weight is 536 g/mol. The Kier molecular flexibility index (Phi) is 7.36. The molecule has 0 aliphatic carbocycles. The fourth-order valence-corrected chi connectivity index (χ4v) is 3.15. The van der Waals surface area contributed by atoms with Gasteiger partial charge in [0.05, 0.1) is 18.2 Å². The molecule has 0 aliphatic rings. The van der Waals surface area contributed by atoms with Crippen LogP contribution < -0.4 is 14.9 Å².